The number of carbonyl (C=O) groups excluding carboxylic acids is 2. The molecular formula is C16H24N2O2S. The van der Waals surface area contributed by atoms with E-state index in [1.807, 2.05) is 13.8 Å². The highest BCUT2D eigenvalue weighted by molar-refractivity contribution is 7.11. The number of thiophene rings is 1. The Morgan fingerprint density at radius 1 is 1.29 bits per heavy atom. The first-order valence-corrected chi connectivity index (χ1v) is 8.48. The summed E-state index contributed by atoms with van der Waals surface area (Å²) in [5.41, 5.74) is 0. The second-order valence-corrected chi connectivity index (χ2v) is 6.99. The van der Waals surface area contributed by atoms with Crippen LogP contribution in [0.25, 0.3) is 0 Å². The minimum absolute atomic E-state index is 0.0444. The molecule has 1 N–H and O–H groups in total. The minimum atomic E-state index is -0.398. The Hall–Kier alpha value is -1.36. The van der Waals surface area contributed by atoms with Crippen molar-refractivity contribution < 1.29 is 9.59 Å². The Bertz CT molecular complexity index is 526. The quantitative estimate of drug-likeness (QED) is 0.909. The molecule has 116 valence electrons. The highest BCUT2D eigenvalue weighted by Gasteiger charge is 2.40. The third-order valence-corrected chi connectivity index (χ3v) is 5.51. The van der Waals surface area contributed by atoms with Crippen LogP contribution < -0.4 is 5.32 Å². The van der Waals surface area contributed by atoms with Crippen molar-refractivity contribution >= 4 is 23.2 Å². The lowest BCUT2D eigenvalue weighted by atomic mass is 9.94. The summed E-state index contributed by atoms with van der Waals surface area (Å²) in [6.07, 6.45) is 1.88. The molecule has 0 spiro atoms. The van der Waals surface area contributed by atoms with Gasteiger partial charge in [-0.05, 0) is 31.4 Å². The second-order valence-electron chi connectivity index (χ2n) is 5.74. The molecule has 1 aromatic heterocycles. The van der Waals surface area contributed by atoms with Crippen molar-refractivity contribution in [2.24, 2.45) is 5.92 Å². The molecule has 4 nitrogen and oxygen atoms in total. The van der Waals surface area contributed by atoms with Crippen LogP contribution >= 0.6 is 11.3 Å². The van der Waals surface area contributed by atoms with Crippen LogP contribution in [0.1, 0.15) is 43.9 Å². The Morgan fingerprint density at radius 3 is 2.52 bits per heavy atom. The number of hydrogen-bond acceptors (Lipinski definition) is 3. The lowest BCUT2D eigenvalue weighted by molar-refractivity contribution is -0.150. The fourth-order valence-corrected chi connectivity index (χ4v) is 3.50. The smallest absolute Gasteiger partial charge is 0.246 e. The lowest BCUT2D eigenvalue weighted by Gasteiger charge is -2.39. The zero-order valence-corrected chi connectivity index (χ0v) is 14.0. The molecule has 0 saturated carbocycles. The van der Waals surface area contributed by atoms with E-state index >= 15 is 0 Å². The van der Waals surface area contributed by atoms with Gasteiger partial charge in [0.05, 0.1) is 6.54 Å². The molecule has 2 heterocycles. The number of piperazine rings is 1. The van der Waals surface area contributed by atoms with Crippen LogP contribution in [-0.2, 0) is 22.6 Å². The Kier molecular flexibility index (Phi) is 5.04. The van der Waals surface area contributed by atoms with Crippen molar-refractivity contribution in [3.8, 4) is 0 Å². The summed E-state index contributed by atoms with van der Waals surface area (Å²) in [6.45, 7) is 8.51. The second kappa shape index (κ2) is 6.60. The zero-order chi connectivity index (χ0) is 15.6. The van der Waals surface area contributed by atoms with E-state index in [0.717, 1.165) is 17.7 Å². The summed E-state index contributed by atoms with van der Waals surface area (Å²) < 4.78 is 0. The van der Waals surface area contributed by atoms with Gasteiger partial charge >= 0.3 is 0 Å². The van der Waals surface area contributed by atoms with Crippen LogP contribution in [0.2, 0.25) is 0 Å². The third-order valence-electron chi connectivity index (χ3n) is 4.30. The summed E-state index contributed by atoms with van der Waals surface area (Å²) in [5, 5.41) is 2.87. The molecule has 1 aromatic rings. The Labute approximate surface area is 130 Å². The monoisotopic (exact) mass is 308 g/mol. The van der Waals surface area contributed by atoms with Crippen LogP contribution in [0.5, 0.6) is 0 Å². The first-order valence-electron chi connectivity index (χ1n) is 7.66. The predicted octanol–water partition coefficient (Wildman–Crippen LogP) is 2.57. The van der Waals surface area contributed by atoms with Gasteiger partial charge in [0.15, 0.2) is 0 Å². The standard InChI is InChI=1S/C16H24N2O2S/c1-5-10(3)14-16(20)18(11(4)15(19)17-14)9-13-8-7-12(6-2)21-13/h7-8,10-11,14H,5-6,9H2,1-4H3,(H,17,19). The molecule has 1 fully saturated rings. The molecular weight excluding hydrogens is 284 g/mol. The van der Waals surface area contributed by atoms with E-state index in [1.54, 1.807) is 23.2 Å². The Balaban J connectivity index is 2.18. The fraction of sp³-hybridized carbons (Fsp3) is 0.625. The highest BCUT2D eigenvalue weighted by atomic mass is 32.1. The summed E-state index contributed by atoms with van der Waals surface area (Å²) in [5.74, 6) is 0.154. The molecule has 21 heavy (non-hydrogen) atoms. The van der Waals surface area contributed by atoms with Crippen LogP contribution in [0.15, 0.2) is 12.1 Å². The molecule has 3 unspecified atom stereocenters. The first kappa shape index (κ1) is 16.0. The van der Waals surface area contributed by atoms with Crippen LogP contribution in [0.4, 0.5) is 0 Å². The van der Waals surface area contributed by atoms with Crippen molar-refractivity contribution in [1.82, 2.24) is 10.2 Å². The predicted molar refractivity (Wildman–Crippen MR) is 85.1 cm³/mol. The van der Waals surface area contributed by atoms with E-state index in [0.29, 0.717) is 6.54 Å². The zero-order valence-electron chi connectivity index (χ0n) is 13.2. The largest absolute Gasteiger partial charge is 0.342 e. The van der Waals surface area contributed by atoms with Gasteiger partial charge in [-0.2, -0.15) is 0 Å². The fourth-order valence-electron chi connectivity index (χ4n) is 2.55. The maximum absolute atomic E-state index is 12.7. The normalized spacial score (nSPS) is 24.1. The first-order chi connectivity index (χ1) is 9.97. The molecule has 3 atom stereocenters. The van der Waals surface area contributed by atoms with Gasteiger partial charge in [0.1, 0.15) is 12.1 Å². The Morgan fingerprint density at radius 2 is 1.95 bits per heavy atom. The van der Waals surface area contributed by atoms with E-state index in [-0.39, 0.29) is 23.8 Å². The van der Waals surface area contributed by atoms with Gasteiger partial charge in [0.25, 0.3) is 0 Å². The van der Waals surface area contributed by atoms with Crippen molar-refractivity contribution in [2.45, 2.75) is 59.2 Å². The number of nitrogens with zero attached hydrogens (tertiary/aromatic N) is 1. The number of rotatable bonds is 5. The summed E-state index contributed by atoms with van der Waals surface area (Å²) in [4.78, 5) is 29.0. The summed E-state index contributed by atoms with van der Waals surface area (Å²) in [6, 6.07) is 3.38. The molecule has 2 amide bonds. The number of hydrogen-bond donors (Lipinski definition) is 1. The van der Waals surface area contributed by atoms with Gasteiger partial charge in [-0.25, -0.2) is 0 Å². The van der Waals surface area contributed by atoms with Crippen LogP contribution in [-0.4, -0.2) is 28.8 Å². The molecule has 0 aromatic carbocycles. The van der Waals surface area contributed by atoms with E-state index < -0.39 is 6.04 Å². The highest BCUT2D eigenvalue weighted by Crippen LogP contribution is 2.23. The van der Waals surface area contributed by atoms with Gasteiger partial charge in [0.2, 0.25) is 11.8 Å². The number of carbonyl (C=O) groups is 2. The third kappa shape index (κ3) is 3.28. The van der Waals surface area contributed by atoms with Crippen LogP contribution in [0, 0.1) is 5.92 Å². The summed E-state index contributed by atoms with van der Waals surface area (Å²) in [7, 11) is 0. The van der Waals surface area contributed by atoms with Gasteiger partial charge in [0, 0.05) is 9.75 Å². The van der Waals surface area contributed by atoms with E-state index in [4.69, 9.17) is 0 Å². The number of aryl methyl sites for hydroxylation is 1. The molecule has 2 rings (SSSR count). The van der Waals surface area contributed by atoms with Gasteiger partial charge in [-0.1, -0.05) is 27.2 Å². The van der Waals surface area contributed by atoms with Gasteiger partial charge in [-0.15, -0.1) is 11.3 Å². The van der Waals surface area contributed by atoms with Crippen molar-refractivity contribution in [1.29, 1.82) is 0 Å². The number of nitrogens with one attached hydrogen (secondary N) is 1. The van der Waals surface area contributed by atoms with E-state index in [2.05, 4.69) is 24.4 Å². The van der Waals surface area contributed by atoms with Crippen LogP contribution in [0.3, 0.4) is 0 Å². The molecule has 1 aliphatic heterocycles. The average Bonchev–Trinajstić information content (AvgIpc) is 2.94. The molecule has 1 aliphatic rings. The molecule has 0 bridgehead atoms. The van der Waals surface area contributed by atoms with Gasteiger partial charge in [-0.3, -0.25) is 9.59 Å². The van der Waals surface area contributed by atoms with Crippen molar-refractivity contribution in [3.63, 3.8) is 0 Å². The SMILES string of the molecule is CCc1ccc(CN2C(=O)C(C(C)CC)NC(=O)C2C)s1. The lowest BCUT2D eigenvalue weighted by Crippen LogP contribution is -2.63. The maximum Gasteiger partial charge on any atom is 0.246 e. The van der Waals surface area contributed by atoms with Crippen molar-refractivity contribution in [2.75, 3.05) is 0 Å². The van der Waals surface area contributed by atoms with Gasteiger partial charge < -0.3 is 10.2 Å². The molecule has 0 aliphatic carbocycles. The van der Waals surface area contributed by atoms with E-state index in [9.17, 15) is 9.59 Å². The summed E-state index contributed by atoms with van der Waals surface area (Å²) >= 11 is 1.72. The number of amides is 2. The molecule has 1 saturated heterocycles. The molecule has 5 heteroatoms. The van der Waals surface area contributed by atoms with E-state index in [1.165, 1.54) is 4.88 Å². The minimum Gasteiger partial charge on any atom is -0.342 e. The molecule has 0 radical (unpaired) electrons. The average molecular weight is 308 g/mol. The maximum atomic E-state index is 12.7. The topological polar surface area (TPSA) is 49.4 Å². The van der Waals surface area contributed by atoms with Crippen molar-refractivity contribution in [3.05, 3.63) is 21.9 Å².